The summed E-state index contributed by atoms with van der Waals surface area (Å²) in [6.45, 7) is 1.83. The number of amides is 3. The van der Waals surface area contributed by atoms with Crippen molar-refractivity contribution in [2.45, 2.75) is 17.1 Å². The second-order valence-corrected chi connectivity index (χ2v) is 11.2. The SMILES string of the molecule is CC(Sc1ccc(NC(=O)/C(=C/c2ccc(-c3ccccc3)cc2)NC(=O)c2ccccc2)cc1)C(=O)Nc1ccncc1. The number of aromatic nitrogens is 1. The van der Waals surface area contributed by atoms with E-state index in [2.05, 4.69) is 20.9 Å². The van der Waals surface area contributed by atoms with Crippen LogP contribution >= 0.6 is 11.8 Å². The largest absolute Gasteiger partial charge is 0.325 e. The number of rotatable bonds is 10. The van der Waals surface area contributed by atoms with Crippen molar-refractivity contribution in [3.05, 3.63) is 151 Å². The molecule has 5 aromatic rings. The van der Waals surface area contributed by atoms with E-state index < -0.39 is 11.8 Å². The van der Waals surface area contributed by atoms with Gasteiger partial charge in [-0.15, -0.1) is 11.8 Å². The van der Waals surface area contributed by atoms with Crippen LogP contribution in [0.15, 0.2) is 144 Å². The van der Waals surface area contributed by atoms with Gasteiger partial charge in [0.05, 0.1) is 5.25 Å². The van der Waals surface area contributed by atoms with Crippen LogP contribution in [0.25, 0.3) is 17.2 Å². The second kappa shape index (κ2) is 14.6. The van der Waals surface area contributed by atoms with E-state index in [1.807, 2.05) is 79.7 Å². The summed E-state index contributed by atoms with van der Waals surface area (Å²) in [5.41, 5.74) is 4.67. The molecule has 0 saturated heterocycles. The Morgan fingerprint density at radius 3 is 1.93 bits per heavy atom. The van der Waals surface area contributed by atoms with Gasteiger partial charge < -0.3 is 16.0 Å². The van der Waals surface area contributed by atoms with Gasteiger partial charge in [-0.05, 0) is 78.2 Å². The van der Waals surface area contributed by atoms with E-state index in [4.69, 9.17) is 0 Å². The van der Waals surface area contributed by atoms with Crippen LogP contribution in [0.1, 0.15) is 22.8 Å². The summed E-state index contributed by atoms with van der Waals surface area (Å²) in [6, 6.07) is 37.2. The fourth-order valence-electron chi connectivity index (χ4n) is 4.26. The first-order chi connectivity index (χ1) is 21.4. The molecule has 0 saturated carbocycles. The van der Waals surface area contributed by atoms with Gasteiger partial charge in [0.25, 0.3) is 11.8 Å². The molecule has 218 valence electrons. The Hall–Kier alpha value is -5.47. The molecular weight excluding hydrogens is 568 g/mol. The zero-order valence-corrected chi connectivity index (χ0v) is 24.8. The Kier molecular flexibility index (Phi) is 9.97. The maximum absolute atomic E-state index is 13.4. The van der Waals surface area contributed by atoms with Crippen molar-refractivity contribution in [1.29, 1.82) is 0 Å². The average Bonchev–Trinajstić information content (AvgIpc) is 3.07. The number of benzene rings is 4. The monoisotopic (exact) mass is 598 g/mol. The number of hydrogen-bond acceptors (Lipinski definition) is 5. The number of nitrogens with zero attached hydrogens (tertiary/aromatic N) is 1. The van der Waals surface area contributed by atoms with Crippen molar-refractivity contribution >= 4 is 46.9 Å². The maximum atomic E-state index is 13.4. The minimum atomic E-state index is -0.466. The predicted molar refractivity (Wildman–Crippen MR) is 177 cm³/mol. The van der Waals surface area contributed by atoms with E-state index in [-0.39, 0.29) is 16.9 Å². The van der Waals surface area contributed by atoms with Crippen molar-refractivity contribution < 1.29 is 14.4 Å². The summed E-state index contributed by atoms with van der Waals surface area (Å²) in [7, 11) is 0. The molecule has 0 bridgehead atoms. The molecule has 3 N–H and O–H groups in total. The zero-order chi connectivity index (χ0) is 30.7. The molecule has 0 spiro atoms. The van der Waals surface area contributed by atoms with Gasteiger partial charge in [-0.25, -0.2) is 0 Å². The Morgan fingerprint density at radius 2 is 1.27 bits per heavy atom. The zero-order valence-electron chi connectivity index (χ0n) is 23.9. The fourth-order valence-corrected chi connectivity index (χ4v) is 5.13. The number of nitrogens with one attached hydrogen (secondary N) is 3. The van der Waals surface area contributed by atoms with Gasteiger partial charge in [-0.3, -0.25) is 19.4 Å². The average molecular weight is 599 g/mol. The molecule has 8 heteroatoms. The first-order valence-electron chi connectivity index (χ1n) is 14.0. The summed E-state index contributed by atoms with van der Waals surface area (Å²) in [6.07, 6.45) is 4.89. The standard InChI is InChI=1S/C36H30N4O3S/c1-25(34(41)38-31-20-22-37-23-21-31)44-32-18-16-30(17-19-32)39-36(43)33(40-35(42)29-10-6-3-7-11-29)24-26-12-14-28(15-13-26)27-8-4-2-5-9-27/h2-25H,1H3,(H,39,43)(H,40,42)(H,37,38,41)/b33-24-. The molecule has 1 heterocycles. The van der Waals surface area contributed by atoms with Crippen LogP contribution in [-0.4, -0.2) is 28.0 Å². The van der Waals surface area contributed by atoms with Crippen LogP contribution in [0.2, 0.25) is 0 Å². The van der Waals surface area contributed by atoms with Gasteiger partial charge in [0.2, 0.25) is 5.91 Å². The lowest BCUT2D eigenvalue weighted by molar-refractivity contribution is -0.115. The van der Waals surface area contributed by atoms with Crippen molar-refractivity contribution in [2.75, 3.05) is 10.6 Å². The molecule has 7 nitrogen and oxygen atoms in total. The van der Waals surface area contributed by atoms with E-state index >= 15 is 0 Å². The minimum Gasteiger partial charge on any atom is -0.325 e. The third-order valence-corrected chi connectivity index (χ3v) is 7.71. The molecule has 1 unspecified atom stereocenters. The molecular formula is C36H30N4O3S. The number of carbonyl (C=O) groups is 3. The van der Waals surface area contributed by atoms with E-state index in [1.165, 1.54) is 11.8 Å². The van der Waals surface area contributed by atoms with E-state index in [9.17, 15) is 14.4 Å². The van der Waals surface area contributed by atoms with Crippen molar-refractivity contribution in [2.24, 2.45) is 0 Å². The Bertz CT molecular complexity index is 1740. The van der Waals surface area contributed by atoms with Gasteiger partial charge in [0.15, 0.2) is 0 Å². The molecule has 3 amide bonds. The van der Waals surface area contributed by atoms with Crippen LogP contribution < -0.4 is 16.0 Å². The van der Waals surface area contributed by atoms with Crippen molar-refractivity contribution in [3.8, 4) is 11.1 Å². The predicted octanol–water partition coefficient (Wildman–Crippen LogP) is 7.28. The van der Waals surface area contributed by atoms with Crippen LogP contribution in [0, 0.1) is 0 Å². The van der Waals surface area contributed by atoms with E-state index in [0.29, 0.717) is 16.9 Å². The summed E-state index contributed by atoms with van der Waals surface area (Å²) in [4.78, 5) is 43.8. The smallest absolute Gasteiger partial charge is 0.272 e. The first-order valence-corrected chi connectivity index (χ1v) is 14.8. The highest BCUT2D eigenvalue weighted by atomic mass is 32.2. The lowest BCUT2D eigenvalue weighted by Crippen LogP contribution is -2.30. The summed E-state index contributed by atoms with van der Waals surface area (Å²) in [5, 5.41) is 8.18. The molecule has 0 fully saturated rings. The fraction of sp³-hybridized carbons (Fsp3) is 0.0556. The number of hydrogen-bond donors (Lipinski definition) is 3. The molecule has 0 aliphatic carbocycles. The van der Waals surface area contributed by atoms with Crippen LogP contribution in [0.4, 0.5) is 11.4 Å². The first kappa shape index (κ1) is 30.0. The summed E-state index contributed by atoms with van der Waals surface area (Å²) in [5.74, 6) is -0.982. The highest BCUT2D eigenvalue weighted by molar-refractivity contribution is 8.00. The minimum absolute atomic E-state index is 0.103. The number of anilines is 2. The Balaban J connectivity index is 1.28. The molecule has 1 aromatic heterocycles. The summed E-state index contributed by atoms with van der Waals surface area (Å²) < 4.78 is 0. The van der Waals surface area contributed by atoms with Crippen LogP contribution in [0.5, 0.6) is 0 Å². The van der Waals surface area contributed by atoms with Crippen LogP contribution in [0.3, 0.4) is 0 Å². The highest BCUT2D eigenvalue weighted by Gasteiger charge is 2.17. The van der Waals surface area contributed by atoms with Gasteiger partial charge in [0.1, 0.15) is 5.70 Å². The van der Waals surface area contributed by atoms with Gasteiger partial charge in [-0.2, -0.15) is 0 Å². The van der Waals surface area contributed by atoms with Crippen LogP contribution in [-0.2, 0) is 9.59 Å². The third-order valence-electron chi connectivity index (χ3n) is 6.60. The lowest BCUT2D eigenvalue weighted by Gasteiger charge is -2.13. The second-order valence-electron chi connectivity index (χ2n) is 9.83. The third kappa shape index (κ3) is 8.30. The Labute approximate surface area is 260 Å². The summed E-state index contributed by atoms with van der Waals surface area (Å²) >= 11 is 1.40. The molecule has 1 atom stereocenters. The number of carbonyl (C=O) groups excluding carboxylic acids is 3. The van der Waals surface area contributed by atoms with Gasteiger partial charge in [0, 0.05) is 34.2 Å². The maximum Gasteiger partial charge on any atom is 0.272 e. The van der Waals surface area contributed by atoms with Gasteiger partial charge >= 0.3 is 0 Å². The molecule has 0 aliphatic rings. The quantitative estimate of drug-likeness (QED) is 0.116. The molecule has 44 heavy (non-hydrogen) atoms. The Morgan fingerprint density at radius 1 is 0.682 bits per heavy atom. The molecule has 0 aliphatic heterocycles. The van der Waals surface area contributed by atoms with E-state index in [1.54, 1.807) is 67.0 Å². The number of pyridine rings is 1. The number of thioether (sulfide) groups is 1. The molecule has 4 aromatic carbocycles. The normalized spacial score (nSPS) is 11.7. The lowest BCUT2D eigenvalue weighted by atomic mass is 10.0. The van der Waals surface area contributed by atoms with Crippen molar-refractivity contribution in [1.82, 2.24) is 10.3 Å². The van der Waals surface area contributed by atoms with E-state index in [0.717, 1.165) is 21.6 Å². The molecule has 0 radical (unpaired) electrons. The molecule has 5 rings (SSSR count). The van der Waals surface area contributed by atoms with Crippen molar-refractivity contribution in [3.63, 3.8) is 0 Å². The highest BCUT2D eigenvalue weighted by Crippen LogP contribution is 2.26. The van der Waals surface area contributed by atoms with Gasteiger partial charge in [-0.1, -0.05) is 72.8 Å². The topological polar surface area (TPSA) is 100 Å².